The van der Waals surface area contributed by atoms with Gasteiger partial charge in [0.05, 0.1) is 16.6 Å². The topological polar surface area (TPSA) is 17.8 Å². The predicted molar refractivity (Wildman–Crippen MR) is 85.4 cm³/mol. The van der Waals surface area contributed by atoms with Gasteiger partial charge in [-0.1, -0.05) is 33.1 Å². The molecule has 1 saturated carbocycles. The van der Waals surface area contributed by atoms with Crippen LogP contribution in [0, 0.1) is 5.92 Å². The molecule has 0 saturated heterocycles. The van der Waals surface area contributed by atoms with Gasteiger partial charge in [0.1, 0.15) is 5.82 Å². The highest BCUT2D eigenvalue weighted by molar-refractivity contribution is 5.77. The molecular formula is C18H23F3N2. The number of nitrogens with zero attached hydrogens (tertiary/aromatic N) is 2. The van der Waals surface area contributed by atoms with E-state index in [2.05, 4.69) is 23.4 Å². The van der Waals surface area contributed by atoms with Gasteiger partial charge < -0.3 is 4.57 Å². The van der Waals surface area contributed by atoms with Gasteiger partial charge in [-0.05, 0) is 37.0 Å². The molecule has 2 nitrogen and oxygen atoms in total. The first-order valence-corrected chi connectivity index (χ1v) is 8.43. The minimum Gasteiger partial charge on any atom is -0.327 e. The van der Waals surface area contributed by atoms with Crippen LogP contribution in [0.3, 0.4) is 0 Å². The van der Waals surface area contributed by atoms with Gasteiger partial charge in [-0.15, -0.1) is 0 Å². The molecule has 1 aliphatic rings. The molecule has 0 spiro atoms. The summed E-state index contributed by atoms with van der Waals surface area (Å²) in [6.45, 7) is 5.05. The summed E-state index contributed by atoms with van der Waals surface area (Å²) in [5.74, 6) is 1.79. The molecule has 0 N–H and O–H groups in total. The van der Waals surface area contributed by atoms with E-state index in [9.17, 15) is 13.2 Å². The second-order valence-electron chi connectivity index (χ2n) is 7.01. The van der Waals surface area contributed by atoms with Crippen molar-refractivity contribution in [3.8, 4) is 0 Å². The van der Waals surface area contributed by atoms with Crippen molar-refractivity contribution < 1.29 is 13.2 Å². The second-order valence-corrected chi connectivity index (χ2v) is 7.01. The Morgan fingerprint density at radius 3 is 2.48 bits per heavy atom. The van der Waals surface area contributed by atoms with Crippen molar-refractivity contribution in [1.82, 2.24) is 9.55 Å². The molecule has 1 fully saturated rings. The largest absolute Gasteiger partial charge is 0.416 e. The van der Waals surface area contributed by atoms with Gasteiger partial charge in [-0.2, -0.15) is 13.2 Å². The summed E-state index contributed by atoms with van der Waals surface area (Å²) in [7, 11) is 0. The Morgan fingerprint density at radius 1 is 1.17 bits per heavy atom. The van der Waals surface area contributed by atoms with Crippen molar-refractivity contribution in [2.24, 2.45) is 5.92 Å². The summed E-state index contributed by atoms with van der Waals surface area (Å²) in [6.07, 6.45) is 1.48. The van der Waals surface area contributed by atoms with Crippen LogP contribution >= 0.6 is 0 Å². The zero-order valence-corrected chi connectivity index (χ0v) is 13.7. The third-order valence-electron chi connectivity index (χ3n) is 4.62. The van der Waals surface area contributed by atoms with Crippen molar-refractivity contribution in [2.75, 3.05) is 0 Å². The maximum atomic E-state index is 13.0. The average Bonchev–Trinajstić information content (AvgIpc) is 2.85. The number of fused-ring (bicyclic) bond motifs is 1. The van der Waals surface area contributed by atoms with Crippen LogP contribution in [0.1, 0.15) is 63.3 Å². The molecule has 5 heteroatoms. The Hall–Kier alpha value is -1.52. The Balaban J connectivity index is 2.09. The first-order valence-electron chi connectivity index (χ1n) is 8.43. The van der Waals surface area contributed by atoms with Crippen LogP contribution in [0.2, 0.25) is 0 Å². The van der Waals surface area contributed by atoms with Crippen molar-refractivity contribution in [1.29, 1.82) is 0 Å². The molecule has 2 aromatic rings. The minimum absolute atomic E-state index is 0.379. The maximum Gasteiger partial charge on any atom is 0.416 e. The van der Waals surface area contributed by atoms with Gasteiger partial charge in [0.15, 0.2) is 0 Å². The minimum atomic E-state index is -4.32. The fraction of sp³-hybridized carbons (Fsp3) is 0.611. The highest BCUT2D eigenvalue weighted by atomic mass is 19.4. The highest BCUT2D eigenvalue weighted by Gasteiger charge is 2.31. The summed E-state index contributed by atoms with van der Waals surface area (Å²) in [5, 5.41) is 0. The number of alkyl halides is 3. The standard InChI is InChI=1S/C18H23F3N2/c1-12(2)11-23-16-9-8-14(18(19,20)21)10-15(16)22-17(23)13-6-4-3-5-7-13/h8-10,12-13H,3-7,11H2,1-2H3. The van der Waals surface area contributed by atoms with E-state index in [0.29, 0.717) is 17.4 Å². The van der Waals surface area contributed by atoms with Gasteiger partial charge in [0.25, 0.3) is 0 Å². The van der Waals surface area contributed by atoms with E-state index in [1.807, 2.05) is 0 Å². The number of hydrogen-bond acceptors (Lipinski definition) is 1. The normalized spacial score (nSPS) is 17.3. The second kappa shape index (κ2) is 6.17. The molecule has 1 aromatic heterocycles. The maximum absolute atomic E-state index is 13.0. The van der Waals surface area contributed by atoms with E-state index in [-0.39, 0.29) is 0 Å². The molecule has 1 heterocycles. The van der Waals surface area contributed by atoms with Crippen LogP contribution in [0.4, 0.5) is 13.2 Å². The molecule has 0 aliphatic heterocycles. The summed E-state index contributed by atoms with van der Waals surface area (Å²) in [4.78, 5) is 4.63. The molecule has 0 bridgehead atoms. The molecule has 3 rings (SSSR count). The first kappa shape index (κ1) is 16.3. The lowest BCUT2D eigenvalue weighted by atomic mass is 9.88. The van der Waals surface area contributed by atoms with E-state index < -0.39 is 11.7 Å². The van der Waals surface area contributed by atoms with Gasteiger partial charge >= 0.3 is 6.18 Å². The number of rotatable bonds is 3. The monoisotopic (exact) mass is 324 g/mol. The Labute approximate surface area is 134 Å². The van der Waals surface area contributed by atoms with Gasteiger partial charge in [0.2, 0.25) is 0 Å². The molecular weight excluding hydrogens is 301 g/mol. The smallest absolute Gasteiger partial charge is 0.327 e. The number of benzene rings is 1. The number of imidazole rings is 1. The number of hydrogen-bond donors (Lipinski definition) is 0. The zero-order valence-electron chi connectivity index (χ0n) is 13.7. The van der Waals surface area contributed by atoms with E-state index in [1.165, 1.54) is 31.4 Å². The van der Waals surface area contributed by atoms with E-state index >= 15 is 0 Å². The molecule has 126 valence electrons. The highest BCUT2D eigenvalue weighted by Crippen LogP contribution is 2.36. The van der Waals surface area contributed by atoms with Crippen LogP contribution < -0.4 is 0 Å². The fourth-order valence-corrected chi connectivity index (χ4v) is 3.55. The van der Waals surface area contributed by atoms with E-state index in [0.717, 1.165) is 30.7 Å². The van der Waals surface area contributed by atoms with Crippen molar-refractivity contribution in [2.45, 2.75) is 64.6 Å². The molecule has 23 heavy (non-hydrogen) atoms. The Kier molecular flexibility index (Phi) is 4.39. The predicted octanol–water partition coefficient (Wildman–Crippen LogP) is 5.76. The third-order valence-corrected chi connectivity index (χ3v) is 4.62. The molecule has 0 unspecified atom stereocenters. The van der Waals surface area contributed by atoms with Crippen LogP contribution in [0.15, 0.2) is 18.2 Å². The Bertz CT molecular complexity index is 679. The van der Waals surface area contributed by atoms with Crippen molar-refractivity contribution >= 4 is 11.0 Å². The van der Waals surface area contributed by atoms with Crippen LogP contribution in [0.5, 0.6) is 0 Å². The molecule has 0 radical (unpaired) electrons. The summed E-state index contributed by atoms with van der Waals surface area (Å²) in [5.41, 5.74) is 0.683. The quantitative estimate of drug-likeness (QED) is 0.702. The summed E-state index contributed by atoms with van der Waals surface area (Å²) < 4.78 is 41.0. The van der Waals surface area contributed by atoms with Crippen LogP contribution in [0.25, 0.3) is 11.0 Å². The number of aromatic nitrogens is 2. The molecule has 1 aromatic carbocycles. The van der Waals surface area contributed by atoms with Crippen molar-refractivity contribution in [3.05, 3.63) is 29.6 Å². The molecule has 1 aliphatic carbocycles. The first-order chi connectivity index (χ1) is 10.9. The van der Waals surface area contributed by atoms with Crippen LogP contribution in [-0.2, 0) is 12.7 Å². The lowest BCUT2D eigenvalue weighted by Crippen LogP contribution is -2.14. The molecule has 0 amide bonds. The lowest BCUT2D eigenvalue weighted by molar-refractivity contribution is -0.137. The zero-order chi connectivity index (χ0) is 16.6. The van der Waals surface area contributed by atoms with Crippen LogP contribution in [-0.4, -0.2) is 9.55 Å². The Morgan fingerprint density at radius 2 is 1.87 bits per heavy atom. The average molecular weight is 324 g/mol. The SMILES string of the molecule is CC(C)Cn1c(C2CCCCC2)nc2cc(C(F)(F)F)ccc21. The fourth-order valence-electron chi connectivity index (χ4n) is 3.55. The van der Waals surface area contributed by atoms with E-state index in [1.54, 1.807) is 6.07 Å². The molecule has 0 atom stereocenters. The number of halogens is 3. The van der Waals surface area contributed by atoms with Crippen molar-refractivity contribution in [3.63, 3.8) is 0 Å². The van der Waals surface area contributed by atoms with E-state index in [4.69, 9.17) is 0 Å². The van der Waals surface area contributed by atoms with Gasteiger partial charge in [-0.25, -0.2) is 4.98 Å². The third kappa shape index (κ3) is 3.38. The van der Waals surface area contributed by atoms with Gasteiger partial charge in [-0.3, -0.25) is 0 Å². The summed E-state index contributed by atoms with van der Waals surface area (Å²) >= 11 is 0. The lowest BCUT2D eigenvalue weighted by Gasteiger charge is -2.23. The summed E-state index contributed by atoms with van der Waals surface area (Å²) in [6, 6.07) is 3.95. The van der Waals surface area contributed by atoms with Gasteiger partial charge in [0, 0.05) is 12.5 Å².